The van der Waals surface area contributed by atoms with Gasteiger partial charge in [-0.15, -0.1) is 54.1 Å². The molecule has 3 heterocycles. The summed E-state index contributed by atoms with van der Waals surface area (Å²) in [6, 6.07) is 50.3. The molecule has 295 valence electrons. The van der Waals surface area contributed by atoms with E-state index in [1.54, 1.807) is 0 Å². The zero-order valence-corrected chi connectivity index (χ0v) is 37.5. The molecule has 1 aliphatic rings. The second-order valence-corrected chi connectivity index (χ2v) is 21.6. The van der Waals surface area contributed by atoms with E-state index in [0.717, 1.165) is 80.9 Å². The summed E-state index contributed by atoms with van der Waals surface area (Å²) in [7, 11) is -1.69. The Morgan fingerprint density at radius 1 is 0.707 bits per heavy atom. The maximum Gasteiger partial charge on any atom is 0.120 e. The summed E-state index contributed by atoms with van der Waals surface area (Å²) < 4.78 is 24.3. The van der Waals surface area contributed by atoms with E-state index < -0.39 is 14.4 Å². The molecule has 58 heavy (non-hydrogen) atoms. The van der Waals surface area contributed by atoms with Gasteiger partial charge in [-0.05, 0) is 75.2 Å². The first kappa shape index (κ1) is 38.6. The van der Waals surface area contributed by atoms with Crippen LogP contribution < -0.4 is 5.19 Å². The van der Waals surface area contributed by atoms with Crippen molar-refractivity contribution >= 4 is 35.2 Å². The van der Waals surface area contributed by atoms with Crippen LogP contribution in [0.2, 0.25) is 19.6 Å². The summed E-state index contributed by atoms with van der Waals surface area (Å²) in [5, 5.41) is 3.35. The summed E-state index contributed by atoms with van der Waals surface area (Å²) in [6.07, 6.45) is 8.06. The Bertz CT molecular complexity index is 2680. The zero-order valence-electron chi connectivity index (χ0n) is 36.1. The van der Waals surface area contributed by atoms with Crippen LogP contribution in [0, 0.1) is 18.1 Å². The van der Waals surface area contributed by atoms with E-state index in [9.17, 15) is 0 Å². The van der Waals surface area contributed by atoms with Gasteiger partial charge in [0.15, 0.2) is 0 Å². The van der Waals surface area contributed by atoms with Crippen LogP contribution in [0.3, 0.4) is 0 Å². The molecule has 5 heteroatoms. The standard InChI is InChI=1S/C32H24NO.C21H28NSi.Ir/c1-21(2)25-17-18-33-30(20-25)28-10-6-9-27-29-19-26(15-16-31(29)34-32(27)28)24-13-11-23(12-14-24)22-7-4-3-5-8-22;1-23(2,3)21-16-22-20(18-12-8-5-9-13-18)15-19(21)14-17-10-6-4-7-11-17;/h3-9,11-21H,1-2H3;5,8-9,12,15-17H,4,6-7,10-11,14H2,1-3H3;/q2*-1;/i;14D2;. The van der Waals surface area contributed by atoms with Crippen LogP contribution in [0.25, 0.3) is 66.7 Å². The van der Waals surface area contributed by atoms with Crippen molar-refractivity contribution in [2.45, 2.75) is 77.9 Å². The first-order valence-corrected chi connectivity index (χ1v) is 23.9. The van der Waals surface area contributed by atoms with Gasteiger partial charge in [0, 0.05) is 40.6 Å². The molecule has 0 atom stereocenters. The van der Waals surface area contributed by atoms with Gasteiger partial charge in [-0.2, -0.15) is 0 Å². The zero-order chi connectivity index (χ0) is 41.1. The van der Waals surface area contributed by atoms with Crippen LogP contribution in [0.15, 0.2) is 144 Å². The summed E-state index contributed by atoms with van der Waals surface area (Å²) in [5.41, 5.74) is 12.2. The third-order valence-electron chi connectivity index (χ3n) is 11.1. The molecule has 0 unspecified atom stereocenters. The molecule has 1 aliphatic carbocycles. The monoisotopic (exact) mass is 955 g/mol. The van der Waals surface area contributed by atoms with Crippen molar-refractivity contribution in [3.8, 4) is 44.8 Å². The van der Waals surface area contributed by atoms with Crippen LogP contribution in [0.1, 0.15) is 65.7 Å². The van der Waals surface area contributed by atoms with Crippen molar-refractivity contribution in [3.05, 3.63) is 163 Å². The molecule has 8 aromatic rings. The number of benzene rings is 5. The maximum atomic E-state index is 8.99. The largest absolute Gasteiger partial charge is 0.501 e. The van der Waals surface area contributed by atoms with Gasteiger partial charge in [-0.3, -0.25) is 0 Å². The van der Waals surface area contributed by atoms with Crippen molar-refractivity contribution < 1.29 is 27.3 Å². The van der Waals surface area contributed by atoms with Crippen LogP contribution >= 0.6 is 0 Å². The minimum Gasteiger partial charge on any atom is -0.501 e. The van der Waals surface area contributed by atoms with Gasteiger partial charge in [0.1, 0.15) is 5.58 Å². The quantitative estimate of drug-likeness (QED) is 0.113. The van der Waals surface area contributed by atoms with Crippen molar-refractivity contribution in [2.75, 3.05) is 0 Å². The predicted molar refractivity (Wildman–Crippen MR) is 243 cm³/mol. The van der Waals surface area contributed by atoms with Gasteiger partial charge in [0.25, 0.3) is 0 Å². The Morgan fingerprint density at radius 3 is 2.12 bits per heavy atom. The summed E-state index contributed by atoms with van der Waals surface area (Å²) in [5.74, 6) is 0.554. The van der Waals surface area contributed by atoms with Crippen molar-refractivity contribution in [3.63, 3.8) is 0 Å². The Kier molecular flexibility index (Phi) is 12.2. The molecule has 5 aromatic carbocycles. The maximum absolute atomic E-state index is 8.99. The number of aromatic nitrogens is 2. The number of hydrogen-bond donors (Lipinski definition) is 0. The fraction of sp³-hybridized carbons (Fsp3) is 0.245. The Balaban J connectivity index is 0.000000187. The molecular formula is C53H52IrN2OSi-2. The van der Waals surface area contributed by atoms with E-state index in [2.05, 4.69) is 141 Å². The van der Waals surface area contributed by atoms with Crippen molar-refractivity contribution in [2.24, 2.45) is 5.92 Å². The molecule has 0 saturated heterocycles. The number of rotatable bonds is 8. The SMILES string of the molecule is CC(C)c1ccnc(-c2[c-]ccc3c2oc2ccc(-c4ccc(-c5ccccc5)cc4)cc23)c1.[2H]C([2H])(c1cc(-c2[c-]cccc2)ncc1[Si](C)(C)C)C1CCCCC1.[Ir]. The van der Waals surface area contributed by atoms with E-state index in [4.69, 9.17) is 7.16 Å². The molecule has 0 spiro atoms. The van der Waals surface area contributed by atoms with E-state index >= 15 is 0 Å². The fourth-order valence-corrected chi connectivity index (χ4v) is 9.28. The van der Waals surface area contributed by atoms with Crippen molar-refractivity contribution in [1.82, 2.24) is 9.97 Å². The van der Waals surface area contributed by atoms with Crippen LogP contribution in [-0.4, -0.2) is 18.0 Å². The Morgan fingerprint density at radius 2 is 1.41 bits per heavy atom. The first-order chi connectivity index (χ1) is 28.5. The van der Waals surface area contributed by atoms with Gasteiger partial charge in [0.05, 0.1) is 13.7 Å². The van der Waals surface area contributed by atoms with Crippen LogP contribution in [0.5, 0.6) is 0 Å². The average molecular weight is 955 g/mol. The molecule has 9 rings (SSSR count). The molecule has 1 radical (unpaired) electrons. The first-order valence-electron chi connectivity index (χ1n) is 21.4. The molecule has 3 aromatic heterocycles. The predicted octanol–water partition coefficient (Wildman–Crippen LogP) is 14.1. The fourth-order valence-electron chi connectivity index (χ4n) is 7.88. The van der Waals surface area contributed by atoms with E-state index in [0.29, 0.717) is 5.92 Å². The summed E-state index contributed by atoms with van der Waals surface area (Å²) >= 11 is 0. The normalized spacial score (nSPS) is 14.0. The van der Waals surface area contributed by atoms with Crippen molar-refractivity contribution in [1.29, 1.82) is 0 Å². The van der Waals surface area contributed by atoms with E-state index in [1.807, 2.05) is 54.9 Å². The van der Waals surface area contributed by atoms with E-state index in [1.165, 1.54) is 34.2 Å². The smallest absolute Gasteiger partial charge is 0.120 e. The van der Waals surface area contributed by atoms with Gasteiger partial charge in [-0.1, -0.05) is 160 Å². The van der Waals surface area contributed by atoms with E-state index in [-0.39, 0.29) is 26.0 Å². The molecule has 1 fully saturated rings. The topological polar surface area (TPSA) is 38.9 Å². The molecule has 0 amide bonds. The second kappa shape index (κ2) is 18.3. The minimum atomic E-state index is -1.69. The molecule has 0 N–H and O–H groups in total. The molecule has 0 aliphatic heterocycles. The van der Waals surface area contributed by atoms with Gasteiger partial charge in [0.2, 0.25) is 0 Å². The summed E-state index contributed by atoms with van der Waals surface area (Å²) in [6.45, 7) is 11.2. The number of nitrogens with zero attached hydrogens (tertiary/aromatic N) is 2. The van der Waals surface area contributed by atoms with Crippen LogP contribution in [-0.2, 0) is 26.5 Å². The van der Waals surface area contributed by atoms with Crippen LogP contribution in [0.4, 0.5) is 0 Å². The average Bonchev–Trinajstić information content (AvgIpc) is 3.65. The number of fused-ring (bicyclic) bond motifs is 3. The third kappa shape index (κ3) is 9.34. The molecule has 0 bridgehead atoms. The van der Waals surface area contributed by atoms with Gasteiger partial charge in [-0.25, -0.2) is 0 Å². The van der Waals surface area contributed by atoms with Gasteiger partial charge >= 0.3 is 0 Å². The minimum absolute atomic E-state index is 0. The Hall–Kier alpha value is -4.93. The molecular weight excluding hydrogens is 901 g/mol. The molecule has 3 nitrogen and oxygen atoms in total. The summed E-state index contributed by atoms with van der Waals surface area (Å²) in [4.78, 5) is 9.29. The number of pyridine rings is 2. The number of furan rings is 1. The second-order valence-electron chi connectivity index (χ2n) is 16.6. The van der Waals surface area contributed by atoms with Gasteiger partial charge < -0.3 is 14.4 Å². The Labute approximate surface area is 362 Å². The number of hydrogen-bond acceptors (Lipinski definition) is 3. The third-order valence-corrected chi connectivity index (χ3v) is 13.1. The molecule has 1 saturated carbocycles.